The van der Waals surface area contributed by atoms with Crippen LogP contribution in [0.2, 0.25) is 0 Å². The molecule has 0 atom stereocenters. The van der Waals surface area contributed by atoms with Crippen LogP contribution in [-0.2, 0) is 13.6 Å². The van der Waals surface area contributed by atoms with Crippen LogP contribution < -0.4 is 10.1 Å². The van der Waals surface area contributed by atoms with Crippen LogP contribution >= 0.6 is 11.3 Å². The van der Waals surface area contributed by atoms with Crippen LogP contribution in [0.1, 0.15) is 11.4 Å². The van der Waals surface area contributed by atoms with Crippen molar-refractivity contribution in [3.63, 3.8) is 0 Å². The molecule has 0 aliphatic carbocycles. The average Bonchev–Trinajstić information content (AvgIpc) is 3.13. The van der Waals surface area contributed by atoms with Crippen LogP contribution in [0.4, 0.5) is 5.95 Å². The Morgan fingerprint density at radius 1 is 1.32 bits per heavy atom. The number of anilines is 1. The van der Waals surface area contributed by atoms with Gasteiger partial charge in [0.05, 0.1) is 19.3 Å². The quantitative estimate of drug-likeness (QED) is 0.778. The molecular weight excluding hydrogens is 300 g/mol. The molecule has 0 aliphatic heterocycles. The molecule has 0 unspecified atom stereocenters. The maximum Gasteiger partial charge on any atom is 0.226 e. The summed E-state index contributed by atoms with van der Waals surface area (Å²) in [5.41, 5.74) is 2.66. The highest BCUT2D eigenvalue weighted by molar-refractivity contribution is 7.13. The molecule has 22 heavy (non-hydrogen) atoms. The molecule has 0 saturated heterocycles. The van der Waals surface area contributed by atoms with Gasteiger partial charge in [-0.2, -0.15) is 10.1 Å². The first-order valence-electron chi connectivity index (χ1n) is 6.72. The van der Waals surface area contributed by atoms with E-state index in [0.29, 0.717) is 18.4 Å². The number of ether oxygens (including phenoxy) is 1. The number of nitrogens with zero attached hydrogens (tertiary/aromatic N) is 5. The van der Waals surface area contributed by atoms with E-state index < -0.39 is 0 Å². The molecule has 3 heterocycles. The Hall–Kier alpha value is -2.48. The van der Waals surface area contributed by atoms with Crippen LogP contribution in [-0.4, -0.2) is 31.8 Å². The van der Waals surface area contributed by atoms with E-state index >= 15 is 0 Å². The Kier molecular flexibility index (Phi) is 4.01. The molecule has 0 aliphatic rings. The second-order valence-electron chi connectivity index (χ2n) is 4.75. The predicted molar refractivity (Wildman–Crippen MR) is 85.0 cm³/mol. The van der Waals surface area contributed by atoms with Gasteiger partial charge in [0.25, 0.3) is 0 Å². The molecule has 114 valence electrons. The molecular formula is C14H16N6OS. The van der Waals surface area contributed by atoms with Crippen molar-refractivity contribution in [3.05, 3.63) is 35.1 Å². The van der Waals surface area contributed by atoms with E-state index in [1.54, 1.807) is 29.2 Å². The number of aryl methyl sites for hydroxylation is 2. The highest BCUT2D eigenvalue weighted by atomic mass is 32.1. The Morgan fingerprint density at radius 2 is 2.18 bits per heavy atom. The molecule has 3 aromatic heterocycles. The molecule has 0 fully saturated rings. The largest absolute Gasteiger partial charge is 0.481 e. The standard InChI is InChI=1S/C14H16N6OS/c1-9-6-12(21-3)18-14(16-9)15-7-10-8-22-13(17-10)11-4-5-20(2)19-11/h4-6,8H,7H2,1-3H3,(H,15,16,18). The van der Waals surface area contributed by atoms with Gasteiger partial charge in [-0.15, -0.1) is 11.3 Å². The summed E-state index contributed by atoms with van der Waals surface area (Å²) < 4.78 is 6.90. The molecule has 8 heteroatoms. The second-order valence-corrected chi connectivity index (χ2v) is 5.61. The zero-order chi connectivity index (χ0) is 15.5. The minimum Gasteiger partial charge on any atom is -0.481 e. The molecule has 0 spiro atoms. The van der Waals surface area contributed by atoms with Gasteiger partial charge in [0.1, 0.15) is 10.7 Å². The number of rotatable bonds is 5. The molecule has 0 saturated carbocycles. The molecule has 0 aromatic carbocycles. The number of aromatic nitrogens is 5. The smallest absolute Gasteiger partial charge is 0.226 e. The summed E-state index contributed by atoms with van der Waals surface area (Å²) in [6.45, 7) is 2.45. The van der Waals surface area contributed by atoms with Gasteiger partial charge in [-0.3, -0.25) is 4.68 Å². The third-order valence-electron chi connectivity index (χ3n) is 2.95. The van der Waals surface area contributed by atoms with Gasteiger partial charge < -0.3 is 10.1 Å². The van der Waals surface area contributed by atoms with Crippen LogP contribution in [0.5, 0.6) is 5.88 Å². The number of thiazole rings is 1. The normalized spacial score (nSPS) is 10.7. The summed E-state index contributed by atoms with van der Waals surface area (Å²) in [5.74, 6) is 1.08. The Bertz CT molecular complexity index is 781. The van der Waals surface area contributed by atoms with E-state index in [-0.39, 0.29) is 0 Å². The van der Waals surface area contributed by atoms with E-state index in [9.17, 15) is 0 Å². The van der Waals surface area contributed by atoms with Crippen molar-refractivity contribution in [2.75, 3.05) is 12.4 Å². The Morgan fingerprint density at radius 3 is 2.91 bits per heavy atom. The van der Waals surface area contributed by atoms with E-state index in [0.717, 1.165) is 22.1 Å². The molecule has 7 nitrogen and oxygen atoms in total. The molecule has 3 aromatic rings. The molecule has 3 rings (SSSR count). The first kappa shape index (κ1) is 14.5. The van der Waals surface area contributed by atoms with Crippen molar-refractivity contribution in [1.82, 2.24) is 24.7 Å². The van der Waals surface area contributed by atoms with Crippen LogP contribution in [0.3, 0.4) is 0 Å². The van der Waals surface area contributed by atoms with Gasteiger partial charge in [-0.25, -0.2) is 9.97 Å². The molecule has 0 bridgehead atoms. The van der Waals surface area contributed by atoms with Gasteiger partial charge >= 0.3 is 0 Å². The van der Waals surface area contributed by atoms with Crippen molar-refractivity contribution in [3.8, 4) is 16.6 Å². The van der Waals surface area contributed by atoms with Crippen molar-refractivity contribution in [2.45, 2.75) is 13.5 Å². The fourth-order valence-corrected chi connectivity index (χ4v) is 2.71. The highest BCUT2D eigenvalue weighted by Crippen LogP contribution is 2.22. The second kappa shape index (κ2) is 6.10. The first-order chi connectivity index (χ1) is 10.6. The van der Waals surface area contributed by atoms with E-state index in [1.165, 1.54) is 0 Å². The van der Waals surface area contributed by atoms with Crippen molar-refractivity contribution in [2.24, 2.45) is 7.05 Å². The SMILES string of the molecule is COc1cc(C)nc(NCc2csc(-c3ccn(C)n3)n2)n1. The molecule has 0 amide bonds. The van der Waals surface area contributed by atoms with Gasteiger partial charge in [0.15, 0.2) is 0 Å². The minimum absolute atomic E-state index is 0.532. The number of hydrogen-bond acceptors (Lipinski definition) is 7. The number of nitrogens with one attached hydrogen (secondary N) is 1. The highest BCUT2D eigenvalue weighted by Gasteiger charge is 2.08. The molecule has 1 N–H and O–H groups in total. The van der Waals surface area contributed by atoms with Crippen LogP contribution in [0.25, 0.3) is 10.7 Å². The number of methoxy groups -OCH3 is 1. The van der Waals surface area contributed by atoms with Crippen molar-refractivity contribution >= 4 is 17.3 Å². The zero-order valence-corrected chi connectivity index (χ0v) is 13.4. The van der Waals surface area contributed by atoms with E-state index in [4.69, 9.17) is 4.74 Å². The topological polar surface area (TPSA) is 77.8 Å². The lowest BCUT2D eigenvalue weighted by atomic mass is 10.4. The summed E-state index contributed by atoms with van der Waals surface area (Å²) in [6.07, 6.45) is 1.90. The third kappa shape index (κ3) is 3.22. The van der Waals surface area contributed by atoms with Crippen LogP contribution in [0, 0.1) is 6.92 Å². The summed E-state index contributed by atoms with van der Waals surface area (Å²) >= 11 is 1.57. The summed E-state index contributed by atoms with van der Waals surface area (Å²) in [7, 11) is 3.48. The van der Waals surface area contributed by atoms with Gasteiger partial charge in [0, 0.05) is 30.4 Å². The van der Waals surface area contributed by atoms with Gasteiger partial charge in [-0.05, 0) is 13.0 Å². The van der Waals surface area contributed by atoms with E-state index in [1.807, 2.05) is 31.6 Å². The van der Waals surface area contributed by atoms with Crippen molar-refractivity contribution in [1.29, 1.82) is 0 Å². The zero-order valence-electron chi connectivity index (χ0n) is 12.6. The third-order valence-corrected chi connectivity index (χ3v) is 3.87. The summed E-state index contributed by atoms with van der Waals surface area (Å²) in [6, 6.07) is 3.73. The Balaban J connectivity index is 1.69. The van der Waals surface area contributed by atoms with Gasteiger partial charge in [-0.1, -0.05) is 0 Å². The van der Waals surface area contributed by atoms with E-state index in [2.05, 4.69) is 25.4 Å². The molecule has 0 radical (unpaired) electrons. The van der Waals surface area contributed by atoms with Crippen molar-refractivity contribution < 1.29 is 4.74 Å². The monoisotopic (exact) mass is 316 g/mol. The minimum atomic E-state index is 0.532. The van der Waals surface area contributed by atoms with Gasteiger partial charge in [0.2, 0.25) is 11.8 Å². The number of hydrogen-bond donors (Lipinski definition) is 1. The lowest BCUT2D eigenvalue weighted by molar-refractivity contribution is 0.397. The lowest BCUT2D eigenvalue weighted by Crippen LogP contribution is -2.05. The predicted octanol–water partition coefficient (Wildman–Crippen LogP) is 2.26. The first-order valence-corrected chi connectivity index (χ1v) is 7.60. The maximum absolute atomic E-state index is 5.14. The maximum atomic E-state index is 5.14. The lowest BCUT2D eigenvalue weighted by Gasteiger charge is -2.06. The fourth-order valence-electron chi connectivity index (χ4n) is 1.93. The summed E-state index contributed by atoms with van der Waals surface area (Å²) in [5, 5.41) is 10.4. The Labute approximate surface area is 132 Å². The fraction of sp³-hybridized carbons (Fsp3) is 0.286. The van der Waals surface area contributed by atoms with Crippen LogP contribution in [0.15, 0.2) is 23.7 Å². The average molecular weight is 316 g/mol. The summed E-state index contributed by atoms with van der Waals surface area (Å²) in [4.78, 5) is 13.1.